The van der Waals surface area contributed by atoms with Crippen LogP contribution < -0.4 is 5.32 Å². The highest BCUT2D eigenvalue weighted by molar-refractivity contribution is 5.79. The molecule has 0 spiro atoms. The van der Waals surface area contributed by atoms with Crippen LogP contribution in [0.15, 0.2) is 65.7 Å². The molecule has 0 bridgehead atoms. The molecule has 2 aromatic carbocycles. The lowest BCUT2D eigenvalue weighted by Gasteiger charge is -2.34. The Morgan fingerprint density at radius 2 is 1.61 bits per heavy atom. The van der Waals surface area contributed by atoms with Crippen LogP contribution in [0.5, 0.6) is 0 Å². The summed E-state index contributed by atoms with van der Waals surface area (Å²) in [5.41, 5.74) is 2.73. The van der Waals surface area contributed by atoms with Gasteiger partial charge in [0, 0.05) is 39.2 Å². The smallest absolute Gasteiger partial charge is 0.193 e. The number of hydrogen-bond acceptors (Lipinski definition) is 2. The SMILES string of the molecule is CCOC1CCN(C(=NC)NCCC(c2ccccc2)c2ccccc2)CC1. The third-order valence-electron chi connectivity index (χ3n) is 5.48. The fourth-order valence-corrected chi connectivity index (χ4v) is 4.03. The van der Waals surface area contributed by atoms with E-state index >= 15 is 0 Å². The van der Waals surface area contributed by atoms with Gasteiger partial charge in [-0.15, -0.1) is 0 Å². The number of benzene rings is 2. The molecule has 1 aliphatic heterocycles. The number of guanidine groups is 1. The predicted octanol–water partition coefficient (Wildman–Crippen LogP) is 4.28. The highest BCUT2D eigenvalue weighted by Crippen LogP contribution is 2.27. The van der Waals surface area contributed by atoms with E-state index in [0.29, 0.717) is 12.0 Å². The van der Waals surface area contributed by atoms with Crippen molar-refractivity contribution in [1.82, 2.24) is 10.2 Å². The van der Waals surface area contributed by atoms with Gasteiger partial charge in [-0.3, -0.25) is 4.99 Å². The Hall–Kier alpha value is -2.33. The maximum Gasteiger partial charge on any atom is 0.193 e. The summed E-state index contributed by atoms with van der Waals surface area (Å²) in [5.74, 6) is 1.39. The molecule has 0 radical (unpaired) electrons. The first kappa shape index (κ1) is 20.4. The molecule has 0 unspecified atom stereocenters. The van der Waals surface area contributed by atoms with Gasteiger partial charge in [0.25, 0.3) is 0 Å². The molecule has 1 N–H and O–H groups in total. The van der Waals surface area contributed by atoms with Crippen LogP contribution in [0.4, 0.5) is 0 Å². The molecule has 1 saturated heterocycles. The van der Waals surface area contributed by atoms with Crippen LogP contribution in [0.3, 0.4) is 0 Å². The Kier molecular flexibility index (Phi) is 7.92. The van der Waals surface area contributed by atoms with Gasteiger partial charge >= 0.3 is 0 Å². The lowest BCUT2D eigenvalue weighted by molar-refractivity contribution is 0.0264. The summed E-state index contributed by atoms with van der Waals surface area (Å²) in [6.07, 6.45) is 3.58. The van der Waals surface area contributed by atoms with Crippen LogP contribution in [0, 0.1) is 0 Å². The standard InChI is InChI=1S/C24H33N3O/c1-3-28-22-15-18-27(19-16-22)24(25-2)26-17-14-23(20-10-6-4-7-11-20)21-12-8-5-9-13-21/h4-13,22-23H,3,14-19H2,1-2H3,(H,25,26). The number of hydrogen-bond donors (Lipinski definition) is 1. The molecular weight excluding hydrogens is 346 g/mol. The molecule has 150 valence electrons. The van der Waals surface area contributed by atoms with E-state index in [-0.39, 0.29) is 0 Å². The van der Waals surface area contributed by atoms with E-state index in [1.54, 1.807) is 0 Å². The lowest BCUT2D eigenvalue weighted by Crippen LogP contribution is -2.47. The monoisotopic (exact) mass is 379 g/mol. The summed E-state index contributed by atoms with van der Waals surface area (Å²) in [4.78, 5) is 6.87. The van der Waals surface area contributed by atoms with Crippen molar-refractivity contribution in [1.29, 1.82) is 0 Å². The zero-order chi connectivity index (χ0) is 19.6. The average molecular weight is 380 g/mol. The average Bonchev–Trinajstić information content (AvgIpc) is 2.76. The molecule has 4 heteroatoms. The molecule has 0 atom stereocenters. The summed E-state index contributed by atoms with van der Waals surface area (Å²) in [6, 6.07) is 21.6. The highest BCUT2D eigenvalue weighted by atomic mass is 16.5. The quantitative estimate of drug-likeness (QED) is 0.576. The van der Waals surface area contributed by atoms with Crippen molar-refractivity contribution in [3.05, 3.63) is 71.8 Å². The third kappa shape index (κ3) is 5.59. The van der Waals surface area contributed by atoms with E-state index < -0.39 is 0 Å². The summed E-state index contributed by atoms with van der Waals surface area (Å²) < 4.78 is 5.77. The van der Waals surface area contributed by atoms with Gasteiger partial charge in [-0.05, 0) is 37.3 Å². The first-order valence-corrected chi connectivity index (χ1v) is 10.5. The normalized spacial score (nSPS) is 15.8. The number of nitrogens with zero attached hydrogens (tertiary/aromatic N) is 2. The van der Waals surface area contributed by atoms with E-state index in [2.05, 4.69) is 82.8 Å². The van der Waals surface area contributed by atoms with Gasteiger partial charge in [-0.25, -0.2) is 0 Å². The van der Waals surface area contributed by atoms with Gasteiger partial charge < -0.3 is 15.0 Å². The number of aliphatic imine (C=N–C) groups is 1. The fourth-order valence-electron chi connectivity index (χ4n) is 4.03. The number of nitrogens with one attached hydrogen (secondary N) is 1. The molecule has 3 rings (SSSR count). The second-order valence-corrected chi connectivity index (χ2v) is 7.28. The molecule has 0 aromatic heterocycles. The van der Waals surface area contributed by atoms with Crippen molar-refractivity contribution in [3.8, 4) is 0 Å². The molecule has 1 aliphatic rings. The summed E-state index contributed by atoms with van der Waals surface area (Å²) in [7, 11) is 1.88. The number of ether oxygens (including phenoxy) is 1. The van der Waals surface area contributed by atoms with Gasteiger partial charge in [0.05, 0.1) is 6.10 Å². The maximum atomic E-state index is 5.77. The molecule has 1 fully saturated rings. The molecule has 0 aliphatic carbocycles. The Labute approximate surface area is 169 Å². The van der Waals surface area contributed by atoms with Crippen LogP contribution in [0.1, 0.15) is 43.2 Å². The minimum atomic E-state index is 0.386. The van der Waals surface area contributed by atoms with E-state index in [9.17, 15) is 0 Å². The van der Waals surface area contributed by atoms with Crippen LogP contribution in [-0.2, 0) is 4.74 Å². The Bertz CT molecular complexity index is 670. The zero-order valence-electron chi connectivity index (χ0n) is 17.2. The molecular formula is C24H33N3O. The first-order valence-electron chi connectivity index (χ1n) is 10.5. The molecule has 0 saturated carbocycles. The summed E-state index contributed by atoms with van der Waals surface area (Å²) in [5, 5.41) is 3.59. The largest absolute Gasteiger partial charge is 0.378 e. The van der Waals surface area contributed by atoms with Crippen molar-refractivity contribution >= 4 is 5.96 Å². The van der Waals surface area contributed by atoms with Gasteiger partial charge in [0.2, 0.25) is 0 Å². The van der Waals surface area contributed by atoms with Crippen LogP contribution in [0.2, 0.25) is 0 Å². The Morgan fingerprint density at radius 3 is 2.11 bits per heavy atom. The second kappa shape index (κ2) is 10.9. The Morgan fingerprint density at radius 1 is 1.04 bits per heavy atom. The lowest BCUT2D eigenvalue weighted by atomic mass is 9.88. The minimum Gasteiger partial charge on any atom is -0.378 e. The van der Waals surface area contributed by atoms with Crippen molar-refractivity contribution in [2.75, 3.05) is 33.3 Å². The number of likely N-dealkylation sites (tertiary alicyclic amines) is 1. The van der Waals surface area contributed by atoms with Gasteiger partial charge in [0.1, 0.15) is 0 Å². The molecule has 1 heterocycles. The van der Waals surface area contributed by atoms with Crippen LogP contribution in [0.25, 0.3) is 0 Å². The van der Waals surface area contributed by atoms with Crippen molar-refractivity contribution < 1.29 is 4.74 Å². The third-order valence-corrected chi connectivity index (χ3v) is 5.48. The molecule has 28 heavy (non-hydrogen) atoms. The first-order chi connectivity index (χ1) is 13.8. The van der Waals surface area contributed by atoms with E-state index in [1.165, 1.54) is 11.1 Å². The van der Waals surface area contributed by atoms with E-state index in [1.807, 2.05) is 7.05 Å². The Balaban J connectivity index is 1.58. The molecule has 4 nitrogen and oxygen atoms in total. The highest BCUT2D eigenvalue weighted by Gasteiger charge is 2.22. The predicted molar refractivity (Wildman–Crippen MR) is 117 cm³/mol. The van der Waals surface area contributed by atoms with Crippen LogP contribution >= 0.6 is 0 Å². The fraction of sp³-hybridized carbons (Fsp3) is 0.458. The van der Waals surface area contributed by atoms with E-state index in [4.69, 9.17) is 4.74 Å². The second-order valence-electron chi connectivity index (χ2n) is 7.28. The topological polar surface area (TPSA) is 36.9 Å². The molecule has 2 aromatic rings. The minimum absolute atomic E-state index is 0.386. The number of piperidine rings is 1. The van der Waals surface area contributed by atoms with Gasteiger partial charge in [0.15, 0.2) is 5.96 Å². The summed E-state index contributed by atoms with van der Waals surface area (Å²) >= 11 is 0. The van der Waals surface area contributed by atoms with Crippen molar-refractivity contribution in [2.45, 2.75) is 38.2 Å². The van der Waals surface area contributed by atoms with Gasteiger partial charge in [-0.2, -0.15) is 0 Å². The summed E-state index contributed by atoms with van der Waals surface area (Å²) in [6.45, 7) is 5.78. The molecule has 0 amide bonds. The van der Waals surface area contributed by atoms with Crippen molar-refractivity contribution in [3.63, 3.8) is 0 Å². The maximum absolute atomic E-state index is 5.77. The van der Waals surface area contributed by atoms with Crippen LogP contribution in [-0.4, -0.2) is 50.3 Å². The van der Waals surface area contributed by atoms with Gasteiger partial charge in [-0.1, -0.05) is 60.7 Å². The zero-order valence-corrected chi connectivity index (χ0v) is 17.2. The number of rotatable bonds is 7. The van der Waals surface area contributed by atoms with Crippen molar-refractivity contribution in [2.24, 2.45) is 4.99 Å². The van der Waals surface area contributed by atoms with E-state index in [0.717, 1.165) is 51.5 Å².